The Morgan fingerprint density at radius 2 is 1.95 bits per heavy atom. The molecule has 0 saturated carbocycles. The van der Waals surface area contributed by atoms with Gasteiger partial charge in [-0.05, 0) is 30.7 Å². The van der Waals surface area contributed by atoms with Crippen LogP contribution in [0.4, 0.5) is 4.39 Å². The Kier molecular flexibility index (Phi) is 3.40. The van der Waals surface area contributed by atoms with Crippen LogP contribution in [0.25, 0.3) is 16.7 Å². The Morgan fingerprint density at radius 3 is 2.70 bits per heavy atom. The Labute approximate surface area is 125 Å². The number of halogens is 3. The average Bonchev–Trinajstić information content (AvgIpc) is 2.82. The number of hydrogen-bond donors (Lipinski definition) is 0. The third-order valence-corrected chi connectivity index (χ3v) is 3.78. The van der Waals surface area contributed by atoms with E-state index in [2.05, 4.69) is 4.98 Å². The first-order chi connectivity index (χ1) is 9.63. The molecule has 1 aromatic heterocycles. The standard InChI is InChI=1S/C15H11Cl2FN2/c1-9-4-2-7-12-15(9)19-13(8-16)20(12)11-6-3-5-10(17)14(11)18/h2-7H,8H2,1H3. The number of benzene rings is 2. The maximum absolute atomic E-state index is 14.3. The number of alkyl halides is 1. The largest absolute Gasteiger partial charge is 0.292 e. The Morgan fingerprint density at radius 1 is 1.20 bits per heavy atom. The van der Waals surface area contributed by atoms with E-state index in [9.17, 15) is 4.39 Å². The molecule has 0 fully saturated rings. The van der Waals surface area contributed by atoms with Gasteiger partial charge in [0.15, 0.2) is 5.82 Å². The van der Waals surface area contributed by atoms with Crippen molar-refractivity contribution >= 4 is 34.2 Å². The molecule has 0 bridgehead atoms. The number of nitrogens with zero attached hydrogens (tertiary/aromatic N) is 2. The molecule has 2 aromatic carbocycles. The van der Waals surface area contributed by atoms with Crippen molar-refractivity contribution in [3.63, 3.8) is 0 Å². The SMILES string of the molecule is Cc1cccc2c1nc(CCl)n2-c1cccc(Cl)c1F. The van der Waals surface area contributed by atoms with Gasteiger partial charge < -0.3 is 0 Å². The summed E-state index contributed by atoms with van der Waals surface area (Å²) < 4.78 is 16.0. The summed E-state index contributed by atoms with van der Waals surface area (Å²) in [6.45, 7) is 1.96. The van der Waals surface area contributed by atoms with Gasteiger partial charge in [-0.15, -0.1) is 11.6 Å². The summed E-state index contributed by atoms with van der Waals surface area (Å²) in [6, 6.07) is 10.7. The van der Waals surface area contributed by atoms with E-state index in [1.807, 2.05) is 25.1 Å². The molecule has 0 radical (unpaired) electrons. The number of imidazole rings is 1. The third kappa shape index (κ3) is 1.98. The molecule has 3 aromatic rings. The van der Waals surface area contributed by atoms with Gasteiger partial charge in [0.2, 0.25) is 0 Å². The molecule has 0 saturated heterocycles. The van der Waals surface area contributed by atoms with E-state index >= 15 is 0 Å². The predicted octanol–water partition coefficient (Wildman–Crippen LogP) is 4.87. The summed E-state index contributed by atoms with van der Waals surface area (Å²) >= 11 is 11.8. The monoisotopic (exact) mass is 308 g/mol. The summed E-state index contributed by atoms with van der Waals surface area (Å²) in [4.78, 5) is 4.50. The Balaban J connectivity index is 2.41. The third-order valence-electron chi connectivity index (χ3n) is 3.25. The normalized spacial score (nSPS) is 11.2. The molecule has 1 heterocycles. The Bertz CT molecular complexity index is 796. The van der Waals surface area contributed by atoms with Crippen LogP contribution in [0.2, 0.25) is 5.02 Å². The van der Waals surface area contributed by atoms with E-state index in [1.54, 1.807) is 16.7 Å². The first-order valence-electron chi connectivity index (χ1n) is 6.10. The molecule has 0 spiro atoms. The van der Waals surface area contributed by atoms with E-state index in [0.717, 1.165) is 16.6 Å². The second-order valence-electron chi connectivity index (χ2n) is 4.51. The van der Waals surface area contributed by atoms with E-state index in [1.165, 1.54) is 6.07 Å². The molecule has 0 unspecified atom stereocenters. The van der Waals surface area contributed by atoms with Gasteiger partial charge >= 0.3 is 0 Å². The summed E-state index contributed by atoms with van der Waals surface area (Å²) in [7, 11) is 0. The molecular weight excluding hydrogens is 298 g/mol. The van der Waals surface area contributed by atoms with Crippen molar-refractivity contribution in [3.8, 4) is 5.69 Å². The van der Waals surface area contributed by atoms with Crippen LogP contribution in [-0.4, -0.2) is 9.55 Å². The van der Waals surface area contributed by atoms with Crippen LogP contribution in [-0.2, 0) is 5.88 Å². The van der Waals surface area contributed by atoms with Crippen LogP contribution in [0.5, 0.6) is 0 Å². The van der Waals surface area contributed by atoms with E-state index in [0.29, 0.717) is 11.5 Å². The number of rotatable bonds is 2. The quantitative estimate of drug-likeness (QED) is 0.618. The summed E-state index contributed by atoms with van der Waals surface area (Å²) in [6.07, 6.45) is 0. The highest BCUT2D eigenvalue weighted by molar-refractivity contribution is 6.30. The van der Waals surface area contributed by atoms with Crippen LogP contribution in [0.1, 0.15) is 11.4 Å². The van der Waals surface area contributed by atoms with Crippen LogP contribution in [0, 0.1) is 12.7 Å². The molecule has 0 aliphatic heterocycles. The molecular formula is C15H11Cl2FN2. The molecule has 2 nitrogen and oxygen atoms in total. The van der Waals surface area contributed by atoms with Gasteiger partial charge in [-0.1, -0.05) is 29.8 Å². The van der Waals surface area contributed by atoms with Crippen molar-refractivity contribution in [2.24, 2.45) is 0 Å². The molecule has 20 heavy (non-hydrogen) atoms. The zero-order valence-electron chi connectivity index (χ0n) is 10.7. The summed E-state index contributed by atoms with van der Waals surface area (Å²) in [5.41, 5.74) is 3.03. The molecule has 102 valence electrons. The molecule has 5 heteroatoms. The van der Waals surface area contributed by atoms with Crippen molar-refractivity contribution in [2.75, 3.05) is 0 Å². The summed E-state index contributed by atoms with van der Waals surface area (Å²) in [5, 5.41) is 0.0810. The van der Waals surface area contributed by atoms with Crippen molar-refractivity contribution in [1.29, 1.82) is 0 Å². The minimum absolute atomic E-state index is 0.0810. The smallest absolute Gasteiger partial charge is 0.165 e. The molecule has 0 aliphatic rings. The summed E-state index contributed by atoms with van der Waals surface area (Å²) in [5.74, 6) is 0.318. The number of para-hydroxylation sites is 1. The lowest BCUT2D eigenvalue weighted by atomic mass is 10.2. The lowest BCUT2D eigenvalue weighted by Crippen LogP contribution is -2.02. The molecule has 0 atom stereocenters. The number of aromatic nitrogens is 2. The second kappa shape index (κ2) is 5.08. The first-order valence-corrected chi connectivity index (χ1v) is 7.02. The Hall–Kier alpha value is -1.58. The van der Waals surface area contributed by atoms with Crippen molar-refractivity contribution in [1.82, 2.24) is 9.55 Å². The van der Waals surface area contributed by atoms with Crippen molar-refractivity contribution in [3.05, 3.63) is 58.6 Å². The fourth-order valence-corrected chi connectivity index (χ4v) is 2.66. The minimum Gasteiger partial charge on any atom is -0.292 e. The minimum atomic E-state index is -0.471. The number of hydrogen-bond acceptors (Lipinski definition) is 1. The maximum Gasteiger partial charge on any atom is 0.165 e. The zero-order chi connectivity index (χ0) is 14.3. The van der Waals surface area contributed by atoms with Crippen molar-refractivity contribution < 1.29 is 4.39 Å². The van der Waals surface area contributed by atoms with Crippen LogP contribution < -0.4 is 0 Å². The van der Waals surface area contributed by atoms with E-state index < -0.39 is 5.82 Å². The molecule has 0 amide bonds. The van der Waals surface area contributed by atoms with E-state index in [4.69, 9.17) is 23.2 Å². The highest BCUT2D eigenvalue weighted by Gasteiger charge is 2.16. The predicted molar refractivity (Wildman–Crippen MR) is 80.3 cm³/mol. The van der Waals surface area contributed by atoms with Crippen LogP contribution in [0.15, 0.2) is 36.4 Å². The highest BCUT2D eigenvalue weighted by atomic mass is 35.5. The molecule has 0 aliphatic carbocycles. The topological polar surface area (TPSA) is 17.8 Å². The zero-order valence-corrected chi connectivity index (χ0v) is 12.2. The fraction of sp³-hybridized carbons (Fsp3) is 0.133. The lowest BCUT2D eigenvalue weighted by Gasteiger charge is -2.09. The van der Waals surface area contributed by atoms with Gasteiger partial charge in [0.25, 0.3) is 0 Å². The lowest BCUT2D eigenvalue weighted by molar-refractivity contribution is 0.618. The van der Waals surface area contributed by atoms with Crippen LogP contribution >= 0.6 is 23.2 Å². The van der Waals surface area contributed by atoms with Gasteiger partial charge in [-0.2, -0.15) is 0 Å². The van der Waals surface area contributed by atoms with Gasteiger partial charge in [-0.25, -0.2) is 9.37 Å². The molecule has 3 rings (SSSR count). The van der Waals surface area contributed by atoms with Crippen molar-refractivity contribution in [2.45, 2.75) is 12.8 Å². The maximum atomic E-state index is 14.3. The number of fused-ring (bicyclic) bond motifs is 1. The highest BCUT2D eigenvalue weighted by Crippen LogP contribution is 2.28. The van der Waals surface area contributed by atoms with Gasteiger partial charge in [0.05, 0.1) is 27.6 Å². The van der Waals surface area contributed by atoms with Gasteiger partial charge in [0.1, 0.15) is 5.82 Å². The number of aryl methyl sites for hydroxylation is 1. The first kappa shape index (κ1) is 13.4. The molecule has 0 N–H and O–H groups in total. The fourth-order valence-electron chi connectivity index (χ4n) is 2.31. The second-order valence-corrected chi connectivity index (χ2v) is 5.19. The van der Waals surface area contributed by atoms with Crippen LogP contribution in [0.3, 0.4) is 0 Å². The van der Waals surface area contributed by atoms with Gasteiger partial charge in [-0.3, -0.25) is 4.57 Å². The van der Waals surface area contributed by atoms with Gasteiger partial charge in [0, 0.05) is 0 Å². The average molecular weight is 309 g/mol. The van der Waals surface area contributed by atoms with E-state index in [-0.39, 0.29) is 10.9 Å².